The highest BCUT2D eigenvalue weighted by molar-refractivity contribution is 7.98. The first-order valence-corrected chi connectivity index (χ1v) is 14.3. The minimum atomic E-state index is -0.320. The number of nitrogens with zero attached hydrogens (tertiary/aromatic N) is 1. The van der Waals surface area contributed by atoms with Crippen LogP contribution in [0.5, 0.6) is 0 Å². The zero-order valence-electron chi connectivity index (χ0n) is 20.7. The van der Waals surface area contributed by atoms with Crippen molar-refractivity contribution in [3.8, 4) is 0 Å². The summed E-state index contributed by atoms with van der Waals surface area (Å²) in [6.45, 7) is 4.22. The van der Waals surface area contributed by atoms with E-state index >= 15 is 0 Å². The van der Waals surface area contributed by atoms with E-state index in [1.807, 2.05) is 0 Å². The SMILES string of the molecule is CSc1ccc(CC2(CCC(=O)NCC3(N4CCOCC4)CCCCCC3)CCC(=O)N2)cc1. The highest BCUT2D eigenvalue weighted by atomic mass is 32.2. The van der Waals surface area contributed by atoms with E-state index in [2.05, 4.69) is 46.1 Å². The van der Waals surface area contributed by atoms with Crippen molar-refractivity contribution in [1.82, 2.24) is 15.5 Å². The molecule has 3 fully saturated rings. The fourth-order valence-corrected chi connectivity index (χ4v) is 6.46. The summed E-state index contributed by atoms with van der Waals surface area (Å²) < 4.78 is 5.60. The Morgan fingerprint density at radius 1 is 1.09 bits per heavy atom. The third-order valence-corrected chi connectivity index (χ3v) is 8.84. The molecular formula is C27H41N3O3S. The van der Waals surface area contributed by atoms with Crippen LogP contribution in [0.3, 0.4) is 0 Å². The lowest BCUT2D eigenvalue weighted by Crippen LogP contribution is -2.58. The monoisotopic (exact) mass is 487 g/mol. The Kier molecular flexibility index (Phi) is 8.94. The van der Waals surface area contributed by atoms with Crippen molar-refractivity contribution in [2.24, 2.45) is 0 Å². The van der Waals surface area contributed by atoms with Crippen molar-refractivity contribution in [3.05, 3.63) is 29.8 Å². The summed E-state index contributed by atoms with van der Waals surface area (Å²) in [5.74, 6) is 0.209. The highest BCUT2D eigenvalue weighted by Crippen LogP contribution is 2.33. The Balaban J connectivity index is 1.35. The summed E-state index contributed by atoms with van der Waals surface area (Å²) in [5, 5.41) is 6.54. The number of nitrogens with one attached hydrogen (secondary N) is 2. The van der Waals surface area contributed by atoms with E-state index in [0.717, 1.165) is 58.5 Å². The number of carbonyl (C=O) groups excluding carboxylic acids is 2. The van der Waals surface area contributed by atoms with E-state index in [9.17, 15) is 9.59 Å². The number of benzene rings is 1. The van der Waals surface area contributed by atoms with Gasteiger partial charge in [0, 0.05) is 48.4 Å². The molecule has 188 valence electrons. The molecule has 1 saturated carbocycles. The van der Waals surface area contributed by atoms with Crippen molar-refractivity contribution in [2.45, 2.75) is 86.6 Å². The molecule has 6 nitrogen and oxygen atoms in total. The number of hydrogen-bond acceptors (Lipinski definition) is 5. The summed E-state index contributed by atoms with van der Waals surface area (Å²) >= 11 is 1.73. The predicted octanol–water partition coefficient (Wildman–Crippen LogP) is 3.92. The Hall–Kier alpha value is -1.57. The smallest absolute Gasteiger partial charge is 0.220 e. The second-order valence-electron chi connectivity index (χ2n) is 10.4. The van der Waals surface area contributed by atoms with Crippen molar-refractivity contribution in [3.63, 3.8) is 0 Å². The van der Waals surface area contributed by atoms with Crippen LogP contribution in [0.4, 0.5) is 0 Å². The molecule has 0 bridgehead atoms. The van der Waals surface area contributed by atoms with Crippen LogP contribution in [0.2, 0.25) is 0 Å². The predicted molar refractivity (Wildman–Crippen MR) is 137 cm³/mol. The van der Waals surface area contributed by atoms with E-state index in [1.165, 1.54) is 36.1 Å². The lowest BCUT2D eigenvalue weighted by atomic mass is 9.84. The van der Waals surface area contributed by atoms with Gasteiger partial charge in [-0.3, -0.25) is 14.5 Å². The van der Waals surface area contributed by atoms with E-state index in [0.29, 0.717) is 19.3 Å². The molecule has 34 heavy (non-hydrogen) atoms. The van der Waals surface area contributed by atoms with Crippen LogP contribution in [0.25, 0.3) is 0 Å². The van der Waals surface area contributed by atoms with Gasteiger partial charge < -0.3 is 15.4 Å². The van der Waals surface area contributed by atoms with Gasteiger partial charge in [0.15, 0.2) is 0 Å². The first kappa shape index (κ1) is 25.5. The van der Waals surface area contributed by atoms with Crippen LogP contribution in [0.15, 0.2) is 29.2 Å². The quantitative estimate of drug-likeness (QED) is 0.408. The lowest BCUT2D eigenvalue weighted by Gasteiger charge is -2.46. The van der Waals surface area contributed by atoms with Crippen molar-refractivity contribution < 1.29 is 14.3 Å². The summed E-state index contributed by atoms with van der Waals surface area (Å²) in [4.78, 5) is 29.0. The molecule has 1 unspecified atom stereocenters. The number of rotatable bonds is 9. The molecule has 7 heteroatoms. The van der Waals surface area contributed by atoms with Gasteiger partial charge in [0.1, 0.15) is 0 Å². The fraction of sp³-hybridized carbons (Fsp3) is 0.704. The van der Waals surface area contributed by atoms with E-state index < -0.39 is 0 Å². The van der Waals surface area contributed by atoms with Gasteiger partial charge in [-0.1, -0.05) is 37.8 Å². The van der Waals surface area contributed by atoms with Crippen molar-refractivity contribution >= 4 is 23.6 Å². The van der Waals surface area contributed by atoms with Gasteiger partial charge in [-0.2, -0.15) is 0 Å². The third kappa shape index (κ3) is 6.55. The zero-order chi connectivity index (χ0) is 23.9. The fourth-order valence-electron chi connectivity index (χ4n) is 6.05. The number of carbonyl (C=O) groups is 2. The average Bonchev–Trinajstić information content (AvgIpc) is 3.07. The van der Waals surface area contributed by atoms with E-state index in [4.69, 9.17) is 4.74 Å². The summed E-state index contributed by atoms with van der Waals surface area (Å²) in [7, 11) is 0. The average molecular weight is 488 g/mol. The van der Waals surface area contributed by atoms with Crippen LogP contribution in [-0.2, 0) is 20.7 Å². The maximum Gasteiger partial charge on any atom is 0.220 e. The number of morpholine rings is 1. The van der Waals surface area contributed by atoms with E-state index in [1.54, 1.807) is 11.8 Å². The first-order chi connectivity index (χ1) is 16.5. The van der Waals surface area contributed by atoms with Gasteiger partial charge in [0.05, 0.1) is 13.2 Å². The van der Waals surface area contributed by atoms with Crippen LogP contribution in [0.1, 0.15) is 69.8 Å². The standard InChI is InChI=1S/C27H41N3O3S/c1-34-23-8-6-22(7-9-23)20-26(15-11-25(32)29-26)14-10-24(31)28-21-27(12-4-2-3-5-13-27)30-16-18-33-19-17-30/h6-9H,2-5,10-21H2,1H3,(H,28,31)(H,29,32). The maximum atomic E-state index is 13.0. The second kappa shape index (κ2) is 11.9. The van der Waals surface area contributed by atoms with Crippen molar-refractivity contribution in [1.29, 1.82) is 0 Å². The largest absolute Gasteiger partial charge is 0.379 e. The van der Waals surface area contributed by atoms with Crippen LogP contribution in [-0.4, -0.2) is 66.9 Å². The molecule has 1 atom stereocenters. The topological polar surface area (TPSA) is 70.7 Å². The van der Waals surface area contributed by atoms with Crippen LogP contribution < -0.4 is 10.6 Å². The van der Waals surface area contributed by atoms with Gasteiger partial charge in [0.25, 0.3) is 0 Å². The number of amides is 2. The summed E-state index contributed by atoms with van der Waals surface area (Å²) in [6, 6.07) is 8.57. The Labute approximate surface area is 208 Å². The van der Waals surface area contributed by atoms with Gasteiger partial charge >= 0.3 is 0 Å². The van der Waals surface area contributed by atoms with Crippen molar-refractivity contribution in [2.75, 3.05) is 39.1 Å². The third-order valence-electron chi connectivity index (χ3n) is 8.10. The Morgan fingerprint density at radius 3 is 2.41 bits per heavy atom. The minimum absolute atomic E-state index is 0.0637. The molecule has 2 N–H and O–H groups in total. The zero-order valence-corrected chi connectivity index (χ0v) is 21.5. The molecule has 0 spiro atoms. The molecule has 1 aromatic rings. The van der Waals surface area contributed by atoms with Crippen LogP contribution >= 0.6 is 11.8 Å². The molecule has 4 rings (SSSR count). The highest BCUT2D eigenvalue weighted by Gasteiger charge is 2.40. The molecule has 2 saturated heterocycles. The molecule has 1 aromatic carbocycles. The van der Waals surface area contributed by atoms with E-state index in [-0.39, 0.29) is 22.9 Å². The molecule has 1 aliphatic carbocycles. The number of ether oxygens (including phenoxy) is 1. The van der Waals surface area contributed by atoms with Gasteiger partial charge in [-0.15, -0.1) is 11.8 Å². The first-order valence-electron chi connectivity index (χ1n) is 13.1. The number of hydrogen-bond donors (Lipinski definition) is 2. The molecule has 0 radical (unpaired) electrons. The molecule has 2 amide bonds. The molecule has 2 heterocycles. The van der Waals surface area contributed by atoms with Gasteiger partial charge in [0.2, 0.25) is 11.8 Å². The van der Waals surface area contributed by atoms with Gasteiger partial charge in [-0.05, 0) is 56.1 Å². The minimum Gasteiger partial charge on any atom is -0.379 e. The summed E-state index contributed by atoms with van der Waals surface area (Å²) in [5.41, 5.74) is 0.957. The normalized spacial score (nSPS) is 25.5. The molecule has 3 aliphatic rings. The molecular weight excluding hydrogens is 446 g/mol. The second-order valence-corrected chi connectivity index (χ2v) is 11.2. The van der Waals surface area contributed by atoms with Crippen LogP contribution in [0, 0.1) is 0 Å². The molecule has 2 aliphatic heterocycles. The summed E-state index contributed by atoms with van der Waals surface area (Å²) in [6.07, 6.45) is 12.7. The van der Waals surface area contributed by atoms with Gasteiger partial charge in [-0.25, -0.2) is 0 Å². The Bertz CT molecular complexity index is 817. The maximum absolute atomic E-state index is 13.0. The Morgan fingerprint density at radius 2 is 1.79 bits per heavy atom. The number of thioether (sulfide) groups is 1. The molecule has 0 aromatic heterocycles. The lowest BCUT2D eigenvalue weighted by molar-refractivity contribution is -0.123.